The third kappa shape index (κ3) is 3.14. The molecule has 0 saturated carbocycles. The van der Waals surface area contributed by atoms with Crippen LogP contribution in [0, 0.1) is 0 Å². The van der Waals surface area contributed by atoms with Crippen LogP contribution in [0.15, 0.2) is 65.9 Å². The Bertz CT molecular complexity index is 802. The molecule has 0 fully saturated rings. The maximum absolute atomic E-state index is 13.0. The molecule has 0 bridgehead atoms. The molecule has 0 saturated heterocycles. The summed E-state index contributed by atoms with van der Waals surface area (Å²) in [5.41, 5.74) is 2.83. The average molecular weight is 343 g/mol. The Morgan fingerprint density at radius 3 is 2.43 bits per heavy atom. The van der Waals surface area contributed by atoms with Crippen molar-refractivity contribution < 1.29 is 4.79 Å². The van der Waals surface area contributed by atoms with E-state index in [9.17, 15) is 4.79 Å². The first-order chi connectivity index (χ1) is 11.1. The van der Waals surface area contributed by atoms with Gasteiger partial charge < -0.3 is 10.6 Å². The molecule has 2 aromatic carbocycles. The van der Waals surface area contributed by atoms with Gasteiger partial charge in [0.15, 0.2) is 10.9 Å². The maximum Gasteiger partial charge on any atom is 0.193 e. The minimum Gasteiger partial charge on any atom is -0.351 e. The molecule has 3 rings (SSSR count). The lowest BCUT2D eigenvalue weighted by Gasteiger charge is -2.30. The van der Waals surface area contributed by atoms with Gasteiger partial charge in [-0.25, -0.2) is 0 Å². The Morgan fingerprint density at radius 1 is 1.09 bits per heavy atom. The van der Waals surface area contributed by atoms with Crippen LogP contribution >= 0.6 is 23.8 Å². The van der Waals surface area contributed by atoms with Crippen LogP contribution < -0.4 is 10.6 Å². The van der Waals surface area contributed by atoms with Crippen LogP contribution in [0.3, 0.4) is 0 Å². The quantitative estimate of drug-likeness (QED) is 0.653. The van der Waals surface area contributed by atoms with Crippen molar-refractivity contribution in [3.8, 4) is 0 Å². The first kappa shape index (κ1) is 15.7. The second kappa shape index (κ2) is 6.52. The largest absolute Gasteiger partial charge is 0.351 e. The molecule has 1 aliphatic heterocycles. The minimum absolute atomic E-state index is 0.0458. The van der Waals surface area contributed by atoms with Gasteiger partial charge in [0.05, 0.1) is 6.04 Å². The summed E-state index contributed by atoms with van der Waals surface area (Å²) in [7, 11) is 0. The fourth-order valence-corrected chi connectivity index (χ4v) is 3.20. The van der Waals surface area contributed by atoms with Crippen LogP contribution in [-0.4, -0.2) is 10.9 Å². The standard InChI is InChI=1S/C18H15ClN2OS/c1-11-15(17(22)12-7-3-2-4-8-12)16(21-18(23)20-11)13-9-5-6-10-14(13)19/h2-10,16H,1H3,(H2,20,21,23). The molecule has 0 aromatic heterocycles. The van der Waals surface area contributed by atoms with Crippen molar-refractivity contribution in [2.45, 2.75) is 13.0 Å². The van der Waals surface area contributed by atoms with Crippen LogP contribution in [0.4, 0.5) is 0 Å². The van der Waals surface area contributed by atoms with Crippen LogP contribution in [0.5, 0.6) is 0 Å². The van der Waals surface area contributed by atoms with Crippen molar-refractivity contribution in [1.29, 1.82) is 0 Å². The van der Waals surface area contributed by atoms with Gasteiger partial charge in [-0.1, -0.05) is 60.1 Å². The van der Waals surface area contributed by atoms with Gasteiger partial charge >= 0.3 is 0 Å². The van der Waals surface area contributed by atoms with Crippen LogP contribution in [-0.2, 0) is 0 Å². The average Bonchev–Trinajstić information content (AvgIpc) is 2.55. The number of ketones is 1. The zero-order chi connectivity index (χ0) is 16.4. The number of nitrogens with one attached hydrogen (secondary N) is 2. The van der Waals surface area contributed by atoms with Crippen molar-refractivity contribution in [2.75, 3.05) is 0 Å². The lowest BCUT2D eigenvalue weighted by molar-refractivity contribution is 0.102. The Kier molecular flexibility index (Phi) is 4.46. The van der Waals surface area contributed by atoms with Gasteiger partial charge in [0.1, 0.15) is 0 Å². The predicted octanol–water partition coefficient (Wildman–Crippen LogP) is 4.02. The summed E-state index contributed by atoms with van der Waals surface area (Å²) in [5.74, 6) is -0.0458. The Morgan fingerprint density at radius 2 is 1.74 bits per heavy atom. The molecule has 1 unspecified atom stereocenters. The van der Waals surface area contributed by atoms with Gasteiger partial charge in [-0.2, -0.15) is 0 Å². The smallest absolute Gasteiger partial charge is 0.193 e. The Hall–Kier alpha value is -2.17. The molecule has 0 amide bonds. The van der Waals surface area contributed by atoms with E-state index in [4.69, 9.17) is 23.8 Å². The molecule has 0 radical (unpaired) electrons. The Balaban J connectivity index is 2.10. The minimum atomic E-state index is -0.370. The zero-order valence-electron chi connectivity index (χ0n) is 12.5. The van der Waals surface area contributed by atoms with E-state index in [1.54, 1.807) is 12.1 Å². The van der Waals surface area contributed by atoms with E-state index in [1.807, 2.05) is 49.4 Å². The highest BCUT2D eigenvalue weighted by atomic mass is 35.5. The lowest BCUT2D eigenvalue weighted by Crippen LogP contribution is -2.45. The van der Waals surface area contributed by atoms with Gasteiger partial charge in [0.25, 0.3) is 0 Å². The number of allylic oxidation sites excluding steroid dienone is 1. The molecule has 0 spiro atoms. The molecule has 3 nitrogen and oxygen atoms in total. The number of Topliss-reactive ketones (excluding diaryl/α,β-unsaturated/α-hetero) is 1. The SMILES string of the molecule is CC1=C(C(=O)c2ccccc2)C(c2ccccc2Cl)NC(=S)N1. The highest BCUT2D eigenvalue weighted by Gasteiger charge is 2.31. The number of hydrogen-bond donors (Lipinski definition) is 2. The van der Waals surface area contributed by atoms with Crippen molar-refractivity contribution in [3.63, 3.8) is 0 Å². The molecule has 0 aliphatic carbocycles. The summed E-state index contributed by atoms with van der Waals surface area (Å²) < 4.78 is 0. The number of thiocarbonyl (C=S) groups is 1. The van der Waals surface area contributed by atoms with E-state index >= 15 is 0 Å². The first-order valence-corrected chi connectivity index (χ1v) is 7.99. The van der Waals surface area contributed by atoms with Gasteiger partial charge in [-0.05, 0) is 30.8 Å². The molecule has 5 heteroatoms. The third-order valence-electron chi connectivity index (χ3n) is 3.77. The number of benzene rings is 2. The third-order valence-corrected chi connectivity index (χ3v) is 4.33. The van der Waals surface area contributed by atoms with Crippen molar-refractivity contribution in [1.82, 2.24) is 10.6 Å². The summed E-state index contributed by atoms with van der Waals surface area (Å²) in [6, 6.07) is 16.3. The summed E-state index contributed by atoms with van der Waals surface area (Å²) in [5, 5.41) is 7.28. The normalized spacial score (nSPS) is 17.5. The lowest BCUT2D eigenvalue weighted by atomic mass is 9.89. The summed E-state index contributed by atoms with van der Waals surface area (Å²) in [6.07, 6.45) is 0. The van der Waals surface area contributed by atoms with Crippen molar-refractivity contribution in [3.05, 3.63) is 82.0 Å². The molecule has 1 aliphatic rings. The number of rotatable bonds is 3. The van der Waals surface area contributed by atoms with Crippen LogP contribution in [0.2, 0.25) is 5.02 Å². The van der Waals surface area contributed by atoms with Gasteiger partial charge in [-0.3, -0.25) is 4.79 Å². The van der Waals surface area contributed by atoms with Crippen molar-refractivity contribution in [2.24, 2.45) is 0 Å². The highest BCUT2D eigenvalue weighted by molar-refractivity contribution is 7.80. The van der Waals surface area contributed by atoms with E-state index < -0.39 is 0 Å². The number of halogens is 1. The molecule has 2 aromatic rings. The highest BCUT2D eigenvalue weighted by Crippen LogP contribution is 2.33. The van der Waals surface area contributed by atoms with Crippen molar-refractivity contribution >= 4 is 34.7 Å². The zero-order valence-corrected chi connectivity index (χ0v) is 14.0. The maximum atomic E-state index is 13.0. The molecule has 1 heterocycles. The van der Waals surface area contributed by atoms with E-state index in [0.29, 0.717) is 21.3 Å². The monoisotopic (exact) mass is 342 g/mol. The molecular weight excluding hydrogens is 328 g/mol. The van der Waals surface area contributed by atoms with E-state index in [-0.39, 0.29) is 11.8 Å². The number of carbonyl (C=O) groups is 1. The molecular formula is C18H15ClN2OS. The molecule has 116 valence electrons. The second-order valence-corrected chi connectivity index (χ2v) is 6.10. The number of hydrogen-bond acceptors (Lipinski definition) is 2. The number of carbonyl (C=O) groups excluding carboxylic acids is 1. The van der Waals surface area contributed by atoms with E-state index in [1.165, 1.54) is 0 Å². The van der Waals surface area contributed by atoms with Gasteiger partial charge in [-0.15, -0.1) is 0 Å². The molecule has 1 atom stereocenters. The topological polar surface area (TPSA) is 41.1 Å². The van der Waals surface area contributed by atoms with Gasteiger partial charge in [0.2, 0.25) is 0 Å². The first-order valence-electron chi connectivity index (χ1n) is 7.20. The Labute approximate surface area is 145 Å². The summed E-state index contributed by atoms with van der Waals surface area (Å²) in [6.45, 7) is 1.85. The summed E-state index contributed by atoms with van der Waals surface area (Å²) >= 11 is 11.6. The second-order valence-electron chi connectivity index (χ2n) is 5.29. The fourth-order valence-electron chi connectivity index (χ4n) is 2.68. The van der Waals surface area contributed by atoms with Crippen LogP contribution in [0.1, 0.15) is 28.9 Å². The molecule has 23 heavy (non-hydrogen) atoms. The fraction of sp³-hybridized carbons (Fsp3) is 0.111. The molecule has 2 N–H and O–H groups in total. The van der Waals surface area contributed by atoms with E-state index in [0.717, 1.165) is 11.3 Å². The van der Waals surface area contributed by atoms with Crippen LogP contribution in [0.25, 0.3) is 0 Å². The summed E-state index contributed by atoms with van der Waals surface area (Å²) in [4.78, 5) is 13.0. The van der Waals surface area contributed by atoms with Gasteiger partial charge in [0, 0.05) is 21.9 Å². The predicted molar refractivity (Wildman–Crippen MR) is 96.5 cm³/mol. The van der Waals surface area contributed by atoms with E-state index in [2.05, 4.69) is 10.6 Å².